The lowest BCUT2D eigenvalue weighted by atomic mass is 9.97. The molecule has 6 rings (SSSR count). The van der Waals surface area contributed by atoms with E-state index in [1.54, 1.807) is 48.7 Å². The van der Waals surface area contributed by atoms with E-state index in [0.717, 1.165) is 37.2 Å². The maximum atomic E-state index is 12.9. The maximum absolute atomic E-state index is 12.9. The second-order valence-corrected chi connectivity index (χ2v) is 10.7. The van der Waals surface area contributed by atoms with Gasteiger partial charge in [0.15, 0.2) is 0 Å². The minimum Gasteiger partial charge on any atom is -0.321 e. The van der Waals surface area contributed by atoms with Gasteiger partial charge < -0.3 is 5.32 Å². The van der Waals surface area contributed by atoms with Crippen LogP contribution in [0.5, 0.6) is 0 Å². The number of hydrazone groups is 1. The Balaban J connectivity index is 1.17. The molecule has 0 saturated carbocycles. The zero-order valence-electron chi connectivity index (χ0n) is 20.2. The Hall–Kier alpha value is -4.23. The molecule has 0 aliphatic rings. The van der Waals surface area contributed by atoms with E-state index < -0.39 is 0 Å². The number of benzene rings is 5. The molecule has 5 aromatic carbocycles. The lowest BCUT2D eigenvalue weighted by molar-refractivity contribution is 0.0954. The molecule has 8 heteroatoms. The molecule has 2 amide bonds. The fourth-order valence-electron chi connectivity index (χ4n) is 4.49. The van der Waals surface area contributed by atoms with Crippen LogP contribution in [-0.2, 0) is 0 Å². The summed E-state index contributed by atoms with van der Waals surface area (Å²) in [4.78, 5) is 26.0. The Kier molecular flexibility index (Phi) is 6.75. The molecule has 6 aromatic rings. The third kappa shape index (κ3) is 4.98. The number of nitrogens with one attached hydrogen (secondary N) is 2. The van der Waals surface area contributed by atoms with Gasteiger partial charge in [-0.2, -0.15) is 5.10 Å². The first-order valence-corrected chi connectivity index (χ1v) is 13.6. The van der Waals surface area contributed by atoms with Crippen LogP contribution in [0.15, 0.2) is 102 Å². The largest absolute Gasteiger partial charge is 0.321 e. The number of hydrogen-bond donors (Lipinski definition) is 2. The zero-order valence-corrected chi connectivity index (χ0v) is 22.6. The van der Waals surface area contributed by atoms with E-state index in [0.29, 0.717) is 26.2 Å². The van der Waals surface area contributed by atoms with E-state index in [9.17, 15) is 9.59 Å². The van der Waals surface area contributed by atoms with Gasteiger partial charge in [0, 0.05) is 31.9 Å². The molecule has 0 saturated heterocycles. The maximum Gasteiger partial charge on any atom is 0.271 e. The first kappa shape index (κ1) is 25.1. The zero-order chi connectivity index (χ0) is 26.9. The molecule has 5 nitrogen and oxygen atoms in total. The summed E-state index contributed by atoms with van der Waals surface area (Å²) in [5.74, 6) is -0.695. The van der Waals surface area contributed by atoms with Gasteiger partial charge in [0.1, 0.15) is 4.88 Å². The summed E-state index contributed by atoms with van der Waals surface area (Å²) in [7, 11) is 0. The van der Waals surface area contributed by atoms with Crippen LogP contribution >= 0.6 is 34.5 Å². The van der Waals surface area contributed by atoms with Gasteiger partial charge in [0.05, 0.1) is 11.2 Å². The summed E-state index contributed by atoms with van der Waals surface area (Å²) in [5, 5.41) is 13.1. The van der Waals surface area contributed by atoms with Gasteiger partial charge in [-0.25, -0.2) is 5.43 Å². The number of rotatable bonds is 5. The molecule has 1 aromatic heterocycles. The molecule has 190 valence electrons. The van der Waals surface area contributed by atoms with Gasteiger partial charge in [0.2, 0.25) is 0 Å². The van der Waals surface area contributed by atoms with Crippen molar-refractivity contribution in [3.8, 4) is 0 Å². The lowest BCUT2D eigenvalue weighted by Gasteiger charge is -2.08. The number of fused-ring (bicyclic) bond motifs is 3. The van der Waals surface area contributed by atoms with Gasteiger partial charge in [-0.3, -0.25) is 9.59 Å². The Labute approximate surface area is 237 Å². The predicted molar refractivity (Wildman–Crippen MR) is 163 cm³/mol. The van der Waals surface area contributed by atoms with E-state index in [1.807, 2.05) is 36.4 Å². The van der Waals surface area contributed by atoms with Gasteiger partial charge >= 0.3 is 0 Å². The van der Waals surface area contributed by atoms with Crippen molar-refractivity contribution in [2.75, 3.05) is 5.32 Å². The van der Waals surface area contributed by atoms with Crippen LogP contribution in [0.2, 0.25) is 10.0 Å². The van der Waals surface area contributed by atoms with Gasteiger partial charge in [-0.1, -0.05) is 77.8 Å². The first-order valence-electron chi connectivity index (χ1n) is 12.0. The number of anilines is 1. The number of carbonyl (C=O) groups is 2. The standard InChI is InChI=1S/C31H19Cl2N3O2S/c32-21-11-14-25-27(16-21)39-29(28(25)33)31(38)35-22-12-9-18(10-13-22)30(37)36-34-17-26-23-7-3-1-5-19(23)15-20-6-2-4-8-24(20)26/h1-17H,(H,35,38)(H,36,37)/b34-17-. The summed E-state index contributed by atoms with van der Waals surface area (Å²) in [5.41, 5.74) is 4.48. The van der Waals surface area contributed by atoms with E-state index in [4.69, 9.17) is 23.2 Å². The number of halogens is 2. The van der Waals surface area contributed by atoms with Crippen molar-refractivity contribution in [2.45, 2.75) is 0 Å². The second kappa shape index (κ2) is 10.5. The Morgan fingerprint density at radius 1 is 0.744 bits per heavy atom. The molecule has 0 radical (unpaired) electrons. The van der Waals surface area contributed by atoms with E-state index in [1.165, 1.54) is 11.3 Å². The fourth-order valence-corrected chi connectivity index (χ4v) is 6.17. The SMILES string of the molecule is O=C(N/N=C\c1c2ccccc2cc2ccccc12)c1ccc(NC(=O)c2sc3cc(Cl)ccc3c2Cl)cc1. The average molecular weight is 568 g/mol. The third-order valence-electron chi connectivity index (χ3n) is 6.38. The smallest absolute Gasteiger partial charge is 0.271 e. The van der Waals surface area contributed by atoms with Gasteiger partial charge in [-0.15, -0.1) is 11.3 Å². The highest BCUT2D eigenvalue weighted by atomic mass is 35.5. The summed E-state index contributed by atoms with van der Waals surface area (Å²) >= 11 is 13.8. The molecular weight excluding hydrogens is 549 g/mol. The Bertz CT molecular complexity index is 1880. The number of nitrogens with zero attached hydrogens (tertiary/aromatic N) is 1. The van der Waals surface area contributed by atoms with Crippen LogP contribution in [0, 0.1) is 0 Å². The van der Waals surface area contributed by atoms with Crippen LogP contribution < -0.4 is 10.7 Å². The Morgan fingerprint density at radius 2 is 1.41 bits per heavy atom. The van der Waals surface area contributed by atoms with E-state index in [2.05, 4.69) is 34.0 Å². The molecule has 0 aliphatic carbocycles. The van der Waals surface area contributed by atoms with Crippen molar-refractivity contribution in [3.63, 3.8) is 0 Å². The summed E-state index contributed by atoms with van der Waals surface area (Å²) in [6.45, 7) is 0. The van der Waals surface area contributed by atoms with Crippen molar-refractivity contribution >= 4 is 89.9 Å². The van der Waals surface area contributed by atoms with Crippen molar-refractivity contribution in [1.29, 1.82) is 0 Å². The van der Waals surface area contributed by atoms with Crippen LogP contribution in [-0.4, -0.2) is 18.0 Å². The normalized spacial score (nSPS) is 11.4. The summed E-state index contributed by atoms with van der Waals surface area (Å²) in [6, 6.07) is 30.2. The minimum atomic E-state index is -0.363. The highest BCUT2D eigenvalue weighted by Gasteiger charge is 2.18. The first-order chi connectivity index (χ1) is 19.0. The molecular formula is C31H19Cl2N3O2S. The van der Waals surface area contributed by atoms with Crippen LogP contribution in [0.25, 0.3) is 31.6 Å². The van der Waals surface area contributed by atoms with E-state index in [-0.39, 0.29) is 11.8 Å². The van der Waals surface area contributed by atoms with E-state index >= 15 is 0 Å². The quantitative estimate of drug-likeness (QED) is 0.124. The summed E-state index contributed by atoms with van der Waals surface area (Å²) < 4.78 is 0.835. The molecule has 0 unspecified atom stereocenters. The van der Waals surface area contributed by atoms with Crippen LogP contribution in [0.3, 0.4) is 0 Å². The Morgan fingerprint density at radius 3 is 2.10 bits per heavy atom. The van der Waals surface area contributed by atoms with Crippen molar-refractivity contribution in [3.05, 3.63) is 123 Å². The molecule has 39 heavy (non-hydrogen) atoms. The topological polar surface area (TPSA) is 70.6 Å². The van der Waals surface area contributed by atoms with Crippen LogP contribution in [0.1, 0.15) is 25.6 Å². The second-order valence-electron chi connectivity index (χ2n) is 8.85. The molecule has 0 bridgehead atoms. The van der Waals surface area contributed by atoms with Crippen LogP contribution in [0.4, 0.5) is 5.69 Å². The van der Waals surface area contributed by atoms with Crippen molar-refractivity contribution < 1.29 is 9.59 Å². The third-order valence-corrected chi connectivity index (χ3v) is 8.27. The molecule has 1 heterocycles. The molecule has 0 aliphatic heterocycles. The van der Waals surface area contributed by atoms with Gasteiger partial charge in [0.25, 0.3) is 11.8 Å². The number of carbonyl (C=O) groups excluding carboxylic acids is 2. The molecule has 0 spiro atoms. The number of amides is 2. The van der Waals surface area contributed by atoms with Crippen molar-refractivity contribution in [1.82, 2.24) is 5.43 Å². The minimum absolute atomic E-state index is 0.332. The summed E-state index contributed by atoms with van der Waals surface area (Å²) in [6.07, 6.45) is 1.68. The lowest BCUT2D eigenvalue weighted by Crippen LogP contribution is -2.18. The highest BCUT2D eigenvalue weighted by Crippen LogP contribution is 2.37. The fraction of sp³-hybridized carbons (Fsp3) is 0. The van der Waals surface area contributed by atoms with Gasteiger partial charge in [-0.05, 0) is 64.0 Å². The number of thiophene rings is 1. The molecule has 2 N–H and O–H groups in total. The predicted octanol–water partition coefficient (Wildman–Crippen LogP) is 8.53. The molecule has 0 atom stereocenters. The average Bonchev–Trinajstić information content (AvgIpc) is 3.28. The highest BCUT2D eigenvalue weighted by molar-refractivity contribution is 7.21. The number of hydrogen-bond acceptors (Lipinski definition) is 4. The molecule has 0 fully saturated rings. The monoisotopic (exact) mass is 567 g/mol. The van der Waals surface area contributed by atoms with Crippen molar-refractivity contribution in [2.24, 2.45) is 5.10 Å².